The molecule has 0 radical (unpaired) electrons. The Morgan fingerprint density at radius 1 is 0.944 bits per heavy atom. The van der Waals surface area contributed by atoms with Gasteiger partial charge in [0.1, 0.15) is 6.61 Å². The molecule has 0 aromatic rings. The molecule has 0 aromatic heterocycles. The number of ether oxygens (including phenoxy) is 3. The van der Waals surface area contributed by atoms with Crippen LogP contribution >= 0.6 is 0 Å². The average Bonchev–Trinajstić information content (AvgIpc) is 2.36. The van der Waals surface area contributed by atoms with Gasteiger partial charge in [-0.3, -0.25) is 9.63 Å². The largest absolute Gasteiger partial charge is 0.378 e. The number of hydrogen-bond donors (Lipinski definition) is 3. The van der Waals surface area contributed by atoms with Crippen LogP contribution < -0.4 is 16.9 Å². The monoisotopic (exact) mass is 265 g/mol. The summed E-state index contributed by atoms with van der Waals surface area (Å²) >= 11 is 0. The first-order chi connectivity index (χ1) is 8.81. The Bertz CT molecular complexity index is 194. The molecule has 8 nitrogen and oxygen atoms in total. The van der Waals surface area contributed by atoms with Crippen molar-refractivity contribution in [2.45, 2.75) is 0 Å². The summed E-state index contributed by atoms with van der Waals surface area (Å²) < 4.78 is 15.6. The minimum Gasteiger partial charge on any atom is -0.378 e. The molecule has 0 aliphatic heterocycles. The first-order valence-electron chi connectivity index (χ1n) is 5.83. The number of nitrogens with two attached hydrogens (primary N) is 2. The van der Waals surface area contributed by atoms with Gasteiger partial charge < -0.3 is 25.3 Å². The van der Waals surface area contributed by atoms with E-state index in [9.17, 15) is 4.79 Å². The van der Waals surface area contributed by atoms with Crippen molar-refractivity contribution < 1.29 is 23.8 Å². The SMILES string of the molecule is NCCOCCOCCOCCNC(=O)CON. The van der Waals surface area contributed by atoms with Crippen LogP contribution in [0.2, 0.25) is 0 Å². The minimum atomic E-state index is -0.269. The zero-order valence-electron chi connectivity index (χ0n) is 10.6. The maximum absolute atomic E-state index is 10.9. The first-order valence-corrected chi connectivity index (χ1v) is 5.83. The summed E-state index contributed by atoms with van der Waals surface area (Å²) in [5.41, 5.74) is 5.25. The number of amides is 1. The molecule has 0 unspecified atom stereocenters. The van der Waals surface area contributed by atoms with E-state index < -0.39 is 0 Å². The van der Waals surface area contributed by atoms with Crippen molar-refractivity contribution in [2.75, 3.05) is 59.3 Å². The van der Waals surface area contributed by atoms with E-state index in [1.54, 1.807) is 0 Å². The van der Waals surface area contributed by atoms with Crippen LogP contribution in [0.1, 0.15) is 0 Å². The molecule has 18 heavy (non-hydrogen) atoms. The summed E-state index contributed by atoms with van der Waals surface area (Å²) in [5.74, 6) is 4.46. The van der Waals surface area contributed by atoms with Crippen LogP contribution in [0.15, 0.2) is 0 Å². The highest BCUT2D eigenvalue weighted by Gasteiger charge is 1.98. The molecule has 0 aromatic carbocycles. The van der Waals surface area contributed by atoms with Gasteiger partial charge in [-0.15, -0.1) is 0 Å². The Morgan fingerprint density at radius 3 is 2.06 bits per heavy atom. The normalized spacial score (nSPS) is 10.6. The highest BCUT2D eigenvalue weighted by Crippen LogP contribution is 1.80. The fourth-order valence-electron chi connectivity index (χ4n) is 1.01. The first kappa shape index (κ1) is 17.2. The highest BCUT2D eigenvalue weighted by atomic mass is 16.6. The average molecular weight is 265 g/mol. The van der Waals surface area contributed by atoms with Crippen molar-refractivity contribution in [3.8, 4) is 0 Å². The Kier molecular flexibility index (Phi) is 13.7. The lowest BCUT2D eigenvalue weighted by Gasteiger charge is -2.07. The number of rotatable bonds is 13. The van der Waals surface area contributed by atoms with Crippen LogP contribution in [0.5, 0.6) is 0 Å². The molecule has 1 amide bonds. The summed E-state index contributed by atoms with van der Waals surface area (Å²) in [4.78, 5) is 15.0. The highest BCUT2D eigenvalue weighted by molar-refractivity contribution is 5.77. The van der Waals surface area contributed by atoms with Crippen molar-refractivity contribution in [2.24, 2.45) is 11.6 Å². The van der Waals surface area contributed by atoms with Gasteiger partial charge in [0.2, 0.25) is 5.91 Å². The third kappa shape index (κ3) is 13.3. The molecule has 0 atom stereocenters. The molecule has 108 valence electrons. The molecular formula is C10H23N3O5. The number of hydrogen-bond acceptors (Lipinski definition) is 7. The lowest BCUT2D eigenvalue weighted by Crippen LogP contribution is -2.31. The summed E-state index contributed by atoms with van der Waals surface area (Å²) in [7, 11) is 0. The van der Waals surface area contributed by atoms with Crippen LogP contribution in [0, 0.1) is 0 Å². The van der Waals surface area contributed by atoms with Crippen molar-refractivity contribution in [1.29, 1.82) is 0 Å². The molecule has 8 heteroatoms. The third-order valence-corrected chi connectivity index (χ3v) is 1.79. The molecular weight excluding hydrogens is 242 g/mol. The third-order valence-electron chi connectivity index (χ3n) is 1.79. The van der Waals surface area contributed by atoms with Gasteiger partial charge in [-0.05, 0) is 0 Å². The van der Waals surface area contributed by atoms with Crippen molar-refractivity contribution >= 4 is 5.91 Å². The standard InChI is InChI=1S/C10H23N3O5/c11-1-3-15-5-7-17-8-6-16-4-2-13-10(14)9-18-12/h1-9,11-12H2,(H,13,14). The van der Waals surface area contributed by atoms with Crippen molar-refractivity contribution in [3.05, 3.63) is 0 Å². The predicted octanol–water partition coefficient (Wildman–Crippen LogP) is -2.00. The molecule has 0 rings (SSSR count). The zero-order valence-corrected chi connectivity index (χ0v) is 10.6. The van der Waals surface area contributed by atoms with Gasteiger partial charge in [0.15, 0.2) is 0 Å². The second-order valence-electron chi connectivity index (χ2n) is 3.29. The quantitative estimate of drug-likeness (QED) is 0.260. The van der Waals surface area contributed by atoms with Gasteiger partial charge in [-0.25, -0.2) is 5.90 Å². The molecule has 0 aliphatic rings. The van der Waals surface area contributed by atoms with E-state index in [-0.39, 0.29) is 12.5 Å². The van der Waals surface area contributed by atoms with Gasteiger partial charge in [-0.1, -0.05) is 0 Å². The summed E-state index contributed by atoms with van der Waals surface area (Å²) in [6.07, 6.45) is 0. The van der Waals surface area contributed by atoms with E-state index in [1.165, 1.54) is 0 Å². The summed E-state index contributed by atoms with van der Waals surface area (Å²) in [6.45, 7) is 3.78. The number of carbonyl (C=O) groups is 1. The van der Waals surface area contributed by atoms with E-state index in [2.05, 4.69) is 10.2 Å². The molecule has 0 bridgehead atoms. The lowest BCUT2D eigenvalue weighted by atomic mass is 10.6. The topological polar surface area (TPSA) is 118 Å². The van der Waals surface area contributed by atoms with Gasteiger partial charge in [0.25, 0.3) is 0 Å². The van der Waals surface area contributed by atoms with Gasteiger partial charge in [0, 0.05) is 13.1 Å². The van der Waals surface area contributed by atoms with E-state index >= 15 is 0 Å². The zero-order chi connectivity index (χ0) is 13.5. The summed E-state index contributed by atoms with van der Waals surface area (Å²) in [6, 6.07) is 0. The molecule has 0 saturated carbocycles. The van der Waals surface area contributed by atoms with Crippen LogP contribution in [0.25, 0.3) is 0 Å². The Labute approximate surface area is 107 Å². The Morgan fingerprint density at radius 2 is 1.50 bits per heavy atom. The van der Waals surface area contributed by atoms with Crippen LogP contribution in [0.3, 0.4) is 0 Å². The van der Waals surface area contributed by atoms with Crippen LogP contribution in [-0.2, 0) is 23.8 Å². The maximum atomic E-state index is 10.9. The fraction of sp³-hybridized carbons (Fsp3) is 0.900. The molecule has 0 heterocycles. The predicted molar refractivity (Wildman–Crippen MR) is 64.7 cm³/mol. The van der Waals surface area contributed by atoms with E-state index in [4.69, 9.17) is 25.8 Å². The molecule has 0 aliphatic carbocycles. The van der Waals surface area contributed by atoms with Gasteiger partial charge in [-0.2, -0.15) is 0 Å². The number of nitrogens with one attached hydrogen (secondary N) is 1. The van der Waals surface area contributed by atoms with Gasteiger partial charge >= 0.3 is 0 Å². The van der Waals surface area contributed by atoms with E-state index in [0.717, 1.165) is 0 Å². The molecule has 0 saturated heterocycles. The summed E-state index contributed by atoms with van der Waals surface area (Å²) in [5, 5.41) is 2.57. The van der Waals surface area contributed by atoms with Gasteiger partial charge in [0.05, 0.1) is 39.6 Å². The van der Waals surface area contributed by atoms with E-state index in [1.807, 2.05) is 0 Å². The minimum absolute atomic E-state index is 0.147. The lowest BCUT2D eigenvalue weighted by molar-refractivity contribution is -0.126. The smallest absolute Gasteiger partial charge is 0.248 e. The Balaban J connectivity index is 3.01. The van der Waals surface area contributed by atoms with Crippen molar-refractivity contribution in [1.82, 2.24) is 5.32 Å². The second-order valence-corrected chi connectivity index (χ2v) is 3.29. The fourth-order valence-corrected chi connectivity index (χ4v) is 1.01. The van der Waals surface area contributed by atoms with Crippen LogP contribution in [-0.4, -0.2) is 65.2 Å². The molecule has 0 spiro atoms. The number of carbonyl (C=O) groups excluding carboxylic acids is 1. The van der Waals surface area contributed by atoms with Crippen molar-refractivity contribution in [3.63, 3.8) is 0 Å². The maximum Gasteiger partial charge on any atom is 0.248 e. The molecule has 0 fully saturated rings. The second kappa shape index (κ2) is 14.3. The Hall–Kier alpha value is -0.770. The van der Waals surface area contributed by atoms with Crippen LogP contribution in [0.4, 0.5) is 0 Å². The van der Waals surface area contributed by atoms with E-state index in [0.29, 0.717) is 52.7 Å². The molecule has 5 N–H and O–H groups in total.